The molecule has 3 aromatic heterocycles. The van der Waals surface area contributed by atoms with Crippen molar-refractivity contribution in [1.82, 2.24) is 9.55 Å². The highest BCUT2D eigenvalue weighted by atomic mass is 28.3. The van der Waals surface area contributed by atoms with E-state index in [1.54, 1.807) is 0 Å². The Hall–Kier alpha value is -5.44. The molecule has 0 bridgehead atoms. The van der Waals surface area contributed by atoms with Crippen molar-refractivity contribution in [3.63, 3.8) is 0 Å². The second-order valence-corrected chi connectivity index (χ2v) is 17.4. The van der Waals surface area contributed by atoms with E-state index in [-0.39, 0.29) is 0 Å². The van der Waals surface area contributed by atoms with Crippen molar-refractivity contribution in [2.45, 2.75) is 19.6 Å². The normalized spacial score (nSPS) is 12.0. The molecule has 8 aromatic rings. The SMILES string of the molecule is C[Si](C)(C)c1ccc(-n2c3ccccc3c3cnc(-c4cccc5c4oc4c(-c6ccccc6)c(C#N)ccc45)cc32)cc1. The van der Waals surface area contributed by atoms with E-state index in [0.29, 0.717) is 5.56 Å². The van der Waals surface area contributed by atoms with Crippen molar-refractivity contribution in [2.24, 2.45) is 0 Å². The van der Waals surface area contributed by atoms with Gasteiger partial charge in [0.05, 0.1) is 36.4 Å². The first-order valence-corrected chi connectivity index (χ1v) is 18.4. The molecule has 5 heteroatoms. The molecular formula is C39H29N3OSi. The zero-order valence-electron chi connectivity index (χ0n) is 24.8. The quantitative estimate of drug-likeness (QED) is 0.194. The molecule has 0 unspecified atom stereocenters. The number of para-hydroxylation sites is 2. The Bertz CT molecular complexity index is 2420. The van der Waals surface area contributed by atoms with Crippen molar-refractivity contribution in [1.29, 1.82) is 5.26 Å². The van der Waals surface area contributed by atoms with Crippen LogP contribution in [0.1, 0.15) is 5.56 Å². The lowest BCUT2D eigenvalue weighted by atomic mass is 9.97. The molecule has 0 amide bonds. The molecule has 0 atom stereocenters. The third kappa shape index (κ3) is 4.00. The van der Waals surface area contributed by atoms with Crippen LogP contribution >= 0.6 is 0 Å². The summed E-state index contributed by atoms with van der Waals surface area (Å²) >= 11 is 0. The molecule has 210 valence electrons. The molecule has 3 heterocycles. The van der Waals surface area contributed by atoms with Crippen LogP contribution in [0.25, 0.3) is 71.8 Å². The summed E-state index contributed by atoms with van der Waals surface area (Å²) in [6.45, 7) is 7.13. The van der Waals surface area contributed by atoms with E-state index in [2.05, 4.69) is 103 Å². The average Bonchev–Trinajstić information content (AvgIpc) is 3.60. The molecule has 0 saturated heterocycles. The van der Waals surface area contributed by atoms with Crippen LogP contribution in [-0.4, -0.2) is 17.6 Å². The second kappa shape index (κ2) is 9.80. The van der Waals surface area contributed by atoms with Gasteiger partial charge >= 0.3 is 0 Å². The van der Waals surface area contributed by atoms with Crippen molar-refractivity contribution < 1.29 is 4.42 Å². The number of rotatable bonds is 4. The van der Waals surface area contributed by atoms with Gasteiger partial charge in [-0.05, 0) is 48.0 Å². The van der Waals surface area contributed by atoms with Gasteiger partial charge in [-0.25, -0.2) is 0 Å². The van der Waals surface area contributed by atoms with Crippen LogP contribution in [0.15, 0.2) is 126 Å². The molecule has 0 N–H and O–H groups in total. The summed E-state index contributed by atoms with van der Waals surface area (Å²) < 4.78 is 9.05. The molecule has 0 saturated carbocycles. The maximum Gasteiger partial charge on any atom is 0.144 e. The number of hydrogen-bond acceptors (Lipinski definition) is 3. The highest BCUT2D eigenvalue weighted by molar-refractivity contribution is 6.88. The monoisotopic (exact) mass is 583 g/mol. The maximum absolute atomic E-state index is 9.98. The van der Waals surface area contributed by atoms with E-state index >= 15 is 0 Å². The molecule has 8 rings (SSSR count). The van der Waals surface area contributed by atoms with Gasteiger partial charge in [0.15, 0.2) is 0 Å². The lowest BCUT2D eigenvalue weighted by Crippen LogP contribution is -2.37. The third-order valence-electron chi connectivity index (χ3n) is 8.68. The Labute approximate surface area is 256 Å². The first-order valence-electron chi connectivity index (χ1n) is 14.9. The van der Waals surface area contributed by atoms with Gasteiger partial charge in [0, 0.05) is 44.6 Å². The number of nitriles is 1. The first-order chi connectivity index (χ1) is 21.4. The number of hydrogen-bond donors (Lipinski definition) is 0. The van der Waals surface area contributed by atoms with Crippen LogP contribution < -0.4 is 5.19 Å². The highest BCUT2D eigenvalue weighted by Crippen LogP contribution is 2.42. The topological polar surface area (TPSA) is 54.8 Å². The summed E-state index contributed by atoms with van der Waals surface area (Å²) in [5, 5.41) is 15.7. The highest BCUT2D eigenvalue weighted by Gasteiger charge is 2.21. The van der Waals surface area contributed by atoms with E-state index in [0.717, 1.165) is 66.4 Å². The minimum Gasteiger partial charge on any atom is -0.455 e. The van der Waals surface area contributed by atoms with E-state index in [9.17, 15) is 5.26 Å². The van der Waals surface area contributed by atoms with Gasteiger partial charge in [-0.1, -0.05) is 97.6 Å². The predicted octanol–water partition coefficient (Wildman–Crippen LogP) is 9.83. The number of nitrogens with zero attached hydrogens (tertiary/aromatic N) is 3. The summed E-state index contributed by atoms with van der Waals surface area (Å²) in [7, 11) is -1.42. The number of benzene rings is 5. The van der Waals surface area contributed by atoms with Crippen LogP contribution in [0.4, 0.5) is 0 Å². The molecular weight excluding hydrogens is 555 g/mol. The zero-order chi connectivity index (χ0) is 30.0. The number of aromatic nitrogens is 2. The van der Waals surface area contributed by atoms with Gasteiger partial charge in [-0.15, -0.1) is 0 Å². The first kappa shape index (κ1) is 26.2. The summed E-state index contributed by atoms with van der Waals surface area (Å²) in [6, 6.07) is 42.3. The van der Waals surface area contributed by atoms with Crippen LogP contribution in [0.2, 0.25) is 19.6 Å². The average molecular weight is 584 g/mol. The maximum atomic E-state index is 9.98. The number of pyridine rings is 1. The lowest BCUT2D eigenvalue weighted by molar-refractivity contribution is 0.670. The van der Waals surface area contributed by atoms with Crippen LogP contribution in [-0.2, 0) is 0 Å². The third-order valence-corrected chi connectivity index (χ3v) is 10.7. The van der Waals surface area contributed by atoms with Gasteiger partial charge < -0.3 is 8.98 Å². The molecule has 0 aliphatic carbocycles. The van der Waals surface area contributed by atoms with Crippen molar-refractivity contribution in [3.8, 4) is 34.1 Å². The molecule has 0 fully saturated rings. The Morgan fingerprint density at radius 1 is 0.682 bits per heavy atom. The van der Waals surface area contributed by atoms with Gasteiger partial charge in [0.25, 0.3) is 0 Å². The van der Waals surface area contributed by atoms with E-state index < -0.39 is 8.07 Å². The zero-order valence-corrected chi connectivity index (χ0v) is 25.8. The van der Waals surface area contributed by atoms with Crippen LogP contribution in [0.5, 0.6) is 0 Å². The molecule has 0 spiro atoms. The van der Waals surface area contributed by atoms with Crippen molar-refractivity contribution >= 4 is 57.0 Å². The van der Waals surface area contributed by atoms with Crippen LogP contribution in [0, 0.1) is 11.3 Å². The summed E-state index contributed by atoms with van der Waals surface area (Å²) in [6.07, 6.45) is 1.99. The lowest BCUT2D eigenvalue weighted by Gasteiger charge is -2.17. The fourth-order valence-corrected chi connectivity index (χ4v) is 7.61. The molecule has 0 radical (unpaired) electrons. The van der Waals surface area contributed by atoms with Crippen LogP contribution in [0.3, 0.4) is 0 Å². The Kier molecular flexibility index (Phi) is 5.84. The van der Waals surface area contributed by atoms with Crippen molar-refractivity contribution in [2.75, 3.05) is 0 Å². The smallest absolute Gasteiger partial charge is 0.144 e. The molecule has 44 heavy (non-hydrogen) atoms. The van der Waals surface area contributed by atoms with Gasteiger partial charge in [-0.3, -0.25) is 4.98 Å². The van der Waals surface area contributed by atoms with Gasteiger partial charge in [-0.2, -0.15) is 5.26 Å². The number of fused-ring (bicyclic) bond motifs is 6. The molecule has 5 aromatic carbocycles. The molecule has 4 nitrogen and oxygen atoms in total. The van der Waals surface area contributed by atoms with E-state index in [4.69, 9.17) is 9.40 Å². The summed E-state index contributed by atoms with van der Waals surface area (Å²) in [5.41, 5.74) is 9.00. The standard InChI is InChI=1S/C39H29N3OSi/c1-44(2,3)28-19-17-27(18-20-28)42-35-15-8-7-12-29(35)33-24-41-34(22-36(33)42)32-14-9-13-30-31-21-16-26(23-40)37(39(31)43-38(30)32)25-10-5-4-6-11-25/h4-22,24H,1-3H3. The van der Waals surface area contributed by atoms with Crippen molar-refractivity contribution in [3.05, 3.63) is 127 Å². The predicted molar refractivity (Wildman–Crippen MR) is 184 cm³/mol. The van der Waals surface area contributed by atoms with E-state index in [1.165, 1.54) is 10.6 Å². The second-order valence-electron chi connectivity index (χ2n) is 12.4. The Morgan fingerprint density at radius 3 is 2.18 bits per heavy atom. The number of furan rings is 1. The Morgan fingerprint density at radius 2 is 1.41 bits per heavy atom. The fraction of sp³-hybridized carbons (Fsp3) is 0.0769. The van der Waals surface area contributed by atoms with E-state index in [1.807, 2.05) is 48.7 Å². The molecule has 0 aliphatic rings. The minimum absolute atomic E-state index is 0.591. The fourth-order valence-electron chi connectivity index (χ4n) is 6.45. The Balaban J connectivity index is 1.37. The minimum atomic E-state index is -1.42. The summed E-state index contributed by atoms with van der Waals surface area (Å²) in [5.74, 6) is 0. The van der Waals surface area contributed by atoms with Gasteiger partial charge in [0.1, 0.15) is 11.2 Å². The summed E-state index contributed by atoms with van der Waals surface area (Å²) in [4.78, 5) is 5.00. The molecule has 0 aliphatic heterocycles. The van der Waals surface area contributed by atoms with Gasteiger partial charge in [0.2, 0.25) is 0 Å². The largest absolute Gasteiger partial charge is 0.455 e.